The summed E-state index contributed by atoms with van der Waals surface area (Å²) in [6.45, 7) is 1.91. The van der Waals surface area contributed by atoms with Crippen LogP contribution in [0.5, 0.6) is 0 Å². The van der Waals surface area contributed by atoms with E-state index in [-0.39, 0.29) is 17.2 Å². The second-order valence-electron chi connectivity index (χ2n) is 8.23. The summed E-state index contributed by atoms with van der Waals surface area (Å²) in [4.78, 5) is 16.6. The van der Waals surface area contributed by atoms with E-state index < -0.39 is 10.0 Å². The predicted octanol–water partition coefficient (Wildman–Crippen LogP) is 3.42. The molecule has 8 nitrogen and oxygen atoms in total. The summed E-state index contributed by atoms with van der Waals surface area (Å²) in [5.41, 5.74) is 4.00. The van der Waals surface area contributed by atoms with E-state index >= 15 is 0 Å². The highest BCUT2D eigenvalue weighted by molar-refractivity contribution is 7.90. The molecule has 172 valence electrons. The molecular formula is C25H23N5O3S. The summed E-state index contributed by atoms with van der Waals surface area (Å²) < 4.78 is 30.8. The maximum Gasteiger partial charge on any atom is 0.269 e. The zero-order valence-electron chi connectivity index (χ0n) is 19.0. The molecule has 2 aromatic carbocycles. The number of aromatic nitrogens is 4. The lowest BCUT2D eigenvalue weighted by Gasteiger charge is -2.13. The standard InChI is InChI=1S/C25H23N5O3S/c1-16-7-9-20(10-8-16)34(32,33)30-22(18-6-4-5-17(11-18)12-23(31)26-2)13-21-24-19(14-27-25(21)30)15-28-29(24)3/h4-11,13-15H,12H2,1-3H3,(H,26,31). The highest BCUT2D eigenvalue weighted by atomic mass is 32.2. The van der Waals surface area contributed by atoms with E-state index in [1.54, 1.807) is 48.4 Å². The number of benzene rings is 2. The lowest BCUT2D eigenvalue weighted by molar-refractivity contribution is -0.119. The van der Waals surface area contributed by atoms with Crippen LogP contribution in [-0.4, -0.2) is 40.1 Å². The Kier molecular flexibility index (Phi) is 5.21. The minimum absolute atomic E-state index is 0.122. The maximum atomic E-state index is 13.9. The van der Waals surface area contributed by atoms with Gasteiger partial charge in [0.25, 0.3) is 10.0 Å². The van der Waals surface area contributed by atoms with Gasteiger partial charge in [0.15, 0.2) is 5.65 Å². The number of aryl methyl sites for hydroxylation is 2. The van der Waals surface area contributed by atoms with Crippen molar-refractivity contribution in [1.29, 1.82) is 0 Å². The normalized spacial score (nSPS) is 11.9. The van der Waals surface area contributed by atoms with Gasteiger partial charge in [-0.15, -0.1) is 0 Å². The van der Waals surface area contributed by atoms with Crippen LogP contribution in [0.4, 0.5) is 0 Å². The first-order valence-electron chi connectivity index (χ1n) is 10.7. The van der Waals surface area contributed by atoms with Gasteiger partial charge < -0.3 is 5.32 Å². The summed E-state index contributed by atoms with van der Waals surface area (Å²) in [5.74, 6) is -0.122. The quantitative estimate of drug-likeness (QED) is 0.422. The number of nitrogens with one attached hydrogen (secondary N) is 1. The van der Waals surface area contributed by atoms with Crippen molar-refractivity contribution in [2.75, 3.05) is 7.05 Å². The lowest BCUT2D eigenvalue weighted by Crippen LogP contribution is -2.20. The summed E-state index contributed by atoms with van der Waals surface area (Å²) in [7, 11) is -0.575. The molecule has 34 heavy (non-hydrogen) atoms. The molecule has 0 spiro atoms. The predicted molar refractivity (Wildman–Crippen MR) is 131 cm³/mol. The molecule has 0 aliphatic rings. The fourth-order valence-corrected chi connectivity index (χ4v) is 5.64. The zero-order valence-corrected chi connectivity index (χ0v) is 19.8. The minimum Gasteiger partial charge on any atom is -0.359 e. The van der Waals surface area contributed by atoms with Crippen molar-refractivity contribution < 1.29 is 13.2 Å². The molecule has 5 aromatic rings. The van der Waals surface area contributed by atoms with Crippen LogP contribution in [0.3, 0.4) is 0 Å². The van der Waals surface area contributed by atoms with E-state index in [1.165, 1.54) is 3.97 Å². The first-order valence-corrected chi connectivity index (χ1v) is 12.2. The highest BCUT2D eigenvalue weighted by Crippen LogP contribution is 2.35. The van der Waals surface area contributed by atoms with Gasteiger partial charge in [0.1, 0.15) is 0 Å². The number of hydrogen-bond donors (Lipinski definition) is 1. The second-order valence-corrected chi connectivity index (χ2v) is 10.0. The van der Waals surface area contributed by atoms with Crippen molar-refractivity contribution in [2.45, 2.75) is 18.2 Å². The first kappa shape index (κ1) is 21.8. The van der Waals surface area contributed by atoms with Crippen molar-refractivity contribution in [3.8, 4) is 11.3 Å². The molecule has 3 heterocycles. The van der Waals surface area contributed by atoms with Gasteiger partial charge in [-0.3, -0.25) is 9.48 Å². The van der Waals surface area contributed by atoms with Crippen LogP contribution in [0, 0.1) is 6.92 Å². The summed E-state index contributed by atoms with van der Waals surface area (Å²) in [5, 5.41) is 8.44. The number of hydrogen-bond acceptors (Lipinski definition) is 5. The van der Waals surface area contributed by atoms with Gasteiger partial charge in [0.2, 0.25) is 5.91 Å². The Morgan fingerprint density at radius 2 is 1.82 bits per heavy atom. The third-order valence-electron chi connectivity index (χ3n) is 5.91. The van der Waals surface area contributed by atoms with Gasteiger partial charge in [-0.2, -0.15) is 5.10 Å². The summed E-state index contributed by atoms with van der Waals surface area (Å²) >= 11 is 0. The number of likely N-dealkylation sites (N-methyl/N-ethyl adjacent to an activating group) is 1. The smallest absolute Gasteiger partial charge is 0.269 e. The van der Waals surface area contributed by atoms with Gasteiger partial charge in [-0.1, -0.05) is 35.9 Å². The Balaban J connectivity index is 1.82. The van der Waals surface area contributed by atoms with Gasteiger partial charge in [0, 0.05) is 31.1 Å². The Hall–Kier alpha value is -3.98. The molecule has 0 aliphatic carbocycles. The van der Waals surface area contributed by atoms with Crippen molar-refractivity contribution in [1.82, 2.24) is 24.1 Å². The Labute approximate surface area is 196 Å². The van der Waals surface area contributed by atoms with Gasteiger partial charge in [-0.05, 0) is 42.3 Å². The number of pyridine rings is 1. The van der Waals surface area contributed by atoms with Crippen LogP contribution in [-0.2, 0) is 28.3 Å². The third kappa shape index (κ3) is 3.54. The molecule has 9 heteroatoms. The number of carbonyl (C=O) groups is 1. The van der Waals surface area contributed by atoms with Crippen LogP contribution in [0.1, 0.15) is 11.1 Å². The molecule has 1 N–H and O–H groups in total. The number of fused-ring (bicyclic) bond motifs is 3. The van der Waals surface area contributed by atoms with Gasteiger partial charge in [-0.25, -0.2) is 17.4 Å². The molecule has 0 bridgehead atoms. The van der Waals surface area contributed by atoms with Crippen LogP contribution in [0.15, 0.2) is 71.9 Å². The molecule has 0 atom stereocenters. The fraction of sp³-hybridized carbons (Fsp3) is 0.160. The molecule has 0 saturated heterocycles. The average molecular weight is 474 g/mol. The van der Waals surface area contributed by atoms with Crippen LogP contribution in [0.25, 0.3) is 33.2 Å². The molecule has 0 aliphatic heterocycles. The Morgan fingerprint density at radius 1 is 1.06 bits per heavy atom. The van der Waals surface area contributed by atoms with Gasteiger partial charge >= 0.3 is 0 Å². The molecule has 1 amide bonds. The van der Waals surface area contributed by atoms with E-state index in [9.17, 15) is 13.2 Å². The topological polar surface area (TPSA) is 98.9 Å². The number of rotatable bonds is 5. The molecule has 3 aromatic heterocycles. The van der Waals surface area contributed by atoms with Crippen molar-refractivity contribution in [3.63, 3.8) is 0 Å². The molecule has 0 saturated carbocycles. The molecule has 5 rings (SSSR count). The van der Waals surface area contributed by atoms with E-state index in [0.29, 0.717) is 22.3 Å². The van der Waals surface area contributed by atoms with E-state index in [2.05, 4.69) is 15.4 Å². The second kappa shape index (κ2) is 8.11. The van der Waals surface area contributed by atoms with Crippen LogP contribution < -0.4 is 5.32 Å². The molecule has 0 unspecified atom stereocenters. The summed E-state index contributed by atoms with van der Waals surface area (Å²) in [6, 6.07) is 15.9. The van der Waals surface area contributed by atoms with Crippen molar-refractivity contribution >= 4 is 37.9 Å². The number of carbonyl (C=O) groups excluding carboxylic acids is 1. The highest BCUT2D eigenvalue weighted by Gasteiger charge is 2.26. The maximum absolute atomic E-state index is 13.9. The Bertz CT molecular complexity index is 1660. The van der Waals surface area contributed by atoms with E-state index in [0.717, 1.165) is 22.0 Å². The number of amides is 1. The average Bonchev–Trinajstić information content (AvgIpc) is 3.40. The van der Waals surface area contributed by atoms with Crippen LogP contribution in [0.2, 0.25) is 0 Å². The minimum atomic E-state index is -3.98. The lowest BCUT2D eigenvalue weighted by atomic mass is 10.1. The Morgan fingerprint density at radius 3 is 2.56 bits per heavy atom. The fourth-order valence-electron chi connectivity index (χ4n) is 4.16. The first-order chi connectivity index (χ1) is 16.3. The van der Waals surface area contributed by atoms with Crippen LogP contribution >= 0.6 is 0 Å². The van der Waals surface area contributed by atoms with E-state index in [1.807, 2.05) is 44.3 Å². The van der Waals surface area contributed by atoms with E-state index in [4.69, 9.17) is 0 Å². The third-order valence-corrected chi connectivity index (χ3v) is 7.62. The SMILES string of the molecule is CNC(=O)Cc1cccc(-c2cc3c4c(cnc3n2S(=O)(=O)c2ccc(C)cc2)cnn4C)c1. The molecule has 0 fully saturated rings. The zero-order chi connectivity index (χ0) is 24.0. The monoisotopic (exact) mass is 473 g/mol. The molecule has 0 radical (unpaired) electrons. The van der Waals surface area contributed by atoms with Crippen molar-refractivity contribution in [3.05, 3.63) is 78.1 Å². The molecular weight excluding hydrogens is 450 g/mol. The summed E-state index contributed by atoms with van der Waals surface area (Å²) in [6.07, 6.45) is 3.54. The largest absolute Gasteiger partial charge is 0.359 e. The van der Waals surface area contributed by atoms with Crippen molar-refractivity contribution in [2.24, 2.45) is 7.05 Å². The van der Waals surface area contributed by atoms with Gasteiger partial charge in [0.05, 0.1) is 28.7 Å². The number of nitrogens with zero attached hydrogens (tertiary/aromatic N) is 4.